The van der Waals surface area contributed by atoms with Crippen molar-refractivity contribution >= 4 is 6.29 Å². The van der Waals surface area contributed by atoms with Crippen LogP contribution in [0.2, 0.25) is 0 Å². The fourth-order valence-corrected chi connectivity index (χ4v) is 1.81. The third-order valence-corrected chi connectivity index (χ3v) is 2.89. The summed E-state index contributed by atoms with van der Waals surface area (Å²) in [5, 5.41) is 0. The number of rotatable bonds is 13. The first kappa shape index (κ1) is 16.1. The van der Waals surface area contributed by atoms with Gasteiger partial charge in [0, 0.05) is 6.42 Å². The van der Waals surface area contributed by atoms with Crippen molar-refractivity contribution < 1.29 is 4.79 Å². The predicted octanol–water partition coefficient (Wildman–Crippen LogP) is 5.22. The lowest BCUT2D eigenvalue weighted by Gasteiger charge is -1.96. The lowest BCUT2D eigenvalue weighted by molar-refractivity contribution is -0.107. The van der Waals surface area contributed by atoms with Crippen LogP contribution in [0.4, 0.5) is 0 Å². The predicted molar refractivity (Wildman–Crippen MR) is 76.2 cm³/mol. The van der Waals surface area contributed by atoms with Gasteiger partial charge in [-0.25, -0.2) is 0 Å². The van der Waals surface area contributed by atoms with Crippen LogP contribution in [-0.2, 0) is 4.79 Å². The third kappa shape index (κ3) is 15.1. The Balaban J connectivity index is 3.04. The Morgan fingerprint density at radius 1 is 0.647 bits per heavy atom. The van der Waals surface area contributed by atoms with E-state index < -0.39 is 0 Å². The molecule has 0 radical (unpaired) electrons. The van der Waals surface area contributed by atoms with Crippen molar-refractivity contribution in [2.24, 2.45) is 0 Å². The van der Waals surface area contributed by atoms with Gasteiger partial charge in [0.15, 0.2) is 0 Å². The Labute approximate surface area is 107 Å². The molecule has 0 N–H and O–H groups in total. The van der Waals surface area contributed by atoms with Gasteiger partial charge in [0.05, 0.1) is 0 Å². The second-order valence-electron chi connectivity index (χ2n) is 4.56. The summed E-state index contributed by atoms with van der Waals surface area (Å²) >= 11 is 0. The van der Waals surface area contributed by atoms with Gasteiger partial charge in [-0.05, 0) is 44.9 Å². The molecule has 0 fully saturated rings. The molecule has 1 heteroatoms. The molecule has 0 rings (SSSR count). The Morgan fingerprint density at radius 3 is 1.65 bits per heavy atom. The highest BCUT2D eigenvalue weighted by Crippen LogP contribution is 2.07. The molecule has 98 valence electrons. The topological polar surface area (TPSA) is 17.1 Å². The lowest BCUT2D eigenvalue weighted by atomic mass is 10.1. The number of hydrogen-bond acceptors (Lipinski definition) is 1. The Hall–Kier alpha value is -0.850. The molecule has 0 unspecified atom stereocenters. The smallest absolute Gasteiger partial charge is 0.119 e. The molecular formula is C16H28O. The van der Waals surface area contributed by atoms with Crippen LogP contribution in [0.3, 0.4) is 0 Å². The monoisotopic (exact) mass is 236 g/mol. The molecule has 0 spiro atoms. The Kier molecular flexibility index (Phi) is 14.4. The van der Waals surface area contributed by atoms with Crippen molar-refractivity contribution in [3.05, 3.63) is 24.8 Å². The summed E-state index contributed by atoms with van der Waals surface area (Å²) < 4.78 is 0. The normalized spacial score (nSPS) is 10.8. The minimum absolute atomic E-state index is 0.737. The zero-order chi connectivity index (χ0) is 12.6. The summed E-state index contributed by atoms with van der Waals surface area (Å²) in [6.07, 6.45) is 20.7. The standard InChI is InChI=1S/C16H28O/c1-2-3-4-5-6-7-8-9-10-11-12-13-14-15-16-17/h2,8-9,16H,1,3-7,10-15H2/b9-8-. The molecule has 0 amide bonds. The number of carbonyl (C=O) groups is 1. The highest BCUT2D eigenvalue weighted by molar-refractivity contribution is 5.48. The molecule has 0 aliphatic rings. The molecule has 0 aliphatic heterocycles. The van der Waals surface area contributed by atoms with E-state index in [1.165, 1.54) is 51.4 Å². The van der Waals surface area contributed by atoms with Gasteiger partial charge in [-0.1, -0.05) is 37.5 Å². The van der Waals surface area contributed by atoms with Gasteiger partial charge in [0.25, 0.3) is 0 Å². The van der Waals surface area contributed by atoms with Crippen molar-refractivity contribution in [2.45, 2.75) is 70.6 Å². The van der Waals surface area contributed by atoms with Crippen LogP contribution in [0.5, 0.6) is 0 Å². The van der Waals surface area contributed by atoms with E-state index in [1.54, 1.807) is 0 Å². The maximum Gasteiger partial charge on any atom is 0.119 e. The summed E-state index contributed by atoms with van der Waals surface area (Å²) in [6, 6.07) is 0. The molecule has 0 aromatic heterocycles. The van der Waals surface area contributed by atoms with Gasteiger partial charge < -0.3 is 4.79 Å². The van der Waals surface area contributed by atoms with Gasteiger partial charge in [0.2, 0.25) is 0 Å². The van der Waals surface area contributed by atoms with E-state index in [1.807, 2.05) is 6.08 Å². The first-order valence-electron chi connectivity index (χ1n) is 7.11. The molecule has 0 saturated heterocycles. The number of allylic oxidation sites excluding steroid dienone is 3. The fourth-order valence-electron chi connectivity index (χ4n) is 1.81. The van der Waals surface area contributed by atoms with E-state index >= 15 is 0 Å². The van der Waals surface area contributed by atoms with Gasteiger partial charge in [-0.15, -0.1) is 6.58 Å². The number of hydrogen-bond donors (Lipinski definition) is 0. The average molecular weight is 236 g/mol. The van der Waals surface area contributed by atoms with E-state index in [9.17, 15) is 4.79 Å². The molecular weight excluding hydrogens is 208 g/mol. The van der Waals surface area contributed by atoms with Gasteiger partial charge in [0.1, 0.15) is 6.29 Å². The minimum Gasteiger partial charge on any atom is -0.303 e. The fraction of sp³-hybridized carbons (Fsp3) is 0.688. The average Bonchev–Trinajstić information content (AvgIpc) is 2.35. The van der Waals surface area contributed by atoms with Crippen LogP contribution < -0.4 is 0 Å². The zero-order valence-electron chi connectivity index (χ0n) is 11.2. The summed E-state index contributed by atoms with van der Waals surface area (Å²) in [6.45, 7) is 3.72. The van der Waals surface area contributed by atoms with Gasteiger partial charge in [-0.2, -0.15) is 0 Å². The van der Waals surface area contributed by atoms with Crippen LogP contribution in [0, 0.1) is 0 Å². The molecule has 0 aromatic rings. The molecule has 0 aromatic carbocycles. The van der Waals surface area contributed by atoms with Crippen molar-refractivity contribution in [1.82, 2.24) is 0 Å². The van der Waals surface area contributed by atoms with Crippen LogP contribution in [0.1, 0.15) is 70.6 Å². The number of aldehydes is 1. The van der Waals surface area contributed by atoms with Crippen LogP contribution >= 0.6 is 0 Å². The van der Waals surface area contributed by atoms with Crippen molar-refractivity contribution in [1.29, 1.82) is 0 Å². The largest absolute Gasteiger partial charge is 0.303 e. The molecule has 0 bridgehead atoms. The van der Waals surface area contributed by atoms with Crippen LogP contribution in [0.25, 0.3) is 0 Å². The first-order valence-corrected chi connectivity index (χ1v) is 7.11. The molecule has 0 heterocycles. The highest BCUT2D eigenvalue weighted by Gasteiger charge is 1.88. The molecule has 1 nitrogen and oxygen atoms in total. The van der Waals surface area contributed by atoms with Crippen LogP contribution in [0.15, 0.2) is 24.8 Å². The SMILES string of the molecule is C=CCCCCC/C=C\CCCCCCC=O. The quantitative estimate of drug-likeness (QED) is 0.243. The first-order chi connectivity index (χ1) is 8.41. The van der Waals surface area contributed by atoms with E-state index in [-0.39, 0.29) is 0 Å². The van der Waals surface area contributed by atoms with E-state index in [2.05, 4.69) is 18.7 Å². The zero-order valence-corrected chi connectivity index (χ0v) is 11.2. The Morgan fingerprint density at radius 2 is 1.12 bits per heavy atom. The number of carbonyl (C=O) groups excluding carboxylic acids is 1. The molecule has 17 heavy (non-hydrogen) atoms. The van der Waals surface area contributed by atoms with E-state index in [0.717, 1.165) is 25.5 Å². The summed E-state index contributed by atoms with van der Waals surface area (Å²) in [5.74, 6) is 0. The maximum absolute atomic E-state index is 10.1. The Bertz CT molecular complexity index is 194. The molecule has 0 saturated carbocycles. The summed E-state index contributed by atoms with van der Waals surface area (Å²) in [4.78, 5) is 10.1. The summed E-state index contributed by atoms with van der Waals surface area (Å²) in [5.41, 5.74) is 0. The minimum atomic E-state index is 0.737. The molecule has 0 aliphatic carbocycles. The van der Waals surface area contributed by atoms with Crippen molar-refractivity contribution in [3.8, 4) is 0 Å². The van der Waals surface area contributed by atoms with Crippen molar-refractivity contribution in [3.63, 3.8) is 0 Å². The number of unbranched alkanes of at least 4 members (excludes halogenated alkanes) is 9. The second kappa shape index (κ2) is 15.1. The molecule has 0 atom stereocenters. The highest BCUT2D eigenvalue weighted by atomic mass is 16.1. The second-order valence-corrected chi connectivity index (χ2v) is 4.56. The third-order valence-electron chi connectivity index (χ3n) is 2.89. The van der Waals surface area contributed by atoms with Gasteiger partial charge >= 0.3 is 0 Å². The lowest BCUT2D eigenvalue weighted by Crippen LogP contribution is -1.79. The van der Waals surface area contributed by atoms with Crippen molar-refractivity contribution in [2.75, 3.05) is 0 Å². The van der Waals surface area contributed by atoms with E-state index in [4.69, 9.17) is 0 Å². The summed E-state index contributed by atoms with van der Waals surface area (Å²) in [7, 11) is 0. The maximum atomic E-state index is 10.1. The van der Waals surface area contributed by atoms with Gasteiger partial charge in [-0.3, -0.25) is 0 Å². The van der Waals surface area contributed by atoms with E-state index in [0.29, 0.717) is 0 Å². The van der Waals surface area contributed by atoms with Crippen LogP contribution in [-0.4, -0.2) is 6.29 Å².